The molecule has 0 aliphatic heterocycles. The van der Waals surface area contributed by atoms with Crippen LogP contribution in [0, 0.1) is 18.6 Å². The van der Waals surface area contributed by atoms with E-state index in [0.29, 0.717) is 5.69 Å². The number of rotatable bonds is 3. The average Bonchev–Trinajstić information content (AvgIpc) is 2.35. The minimum atomic E-state index is -0.746. The van der Waals surface area contributed by atoms with Crippen LogP contribution >= 0.6 is 15.9 Å². The Hall–Kier alpha value is -1.69. The van der Waals surface area contributed by atoms with E-state index in [-0.39, 0.29) is 11.6 Å². The fourth-order valence-corrected chi connectivity index (χ4v) is 2.17. The van der Waals surface area contributed by atoms with Gasteiger partial charge in [-0.15, -0.1) is 0 Å². The highest BCUT2D eigenvalue weighted by molar-refractivity contribution is 9.10. The molecule has 0 unspecified atom stereocenters. The zero-order valence-corrected chi connectivity index (χ0v) is 12.0. The van der Waals surface area contributed by atoms with Crippen LogP contribution in [0.25, 0.3) is 0 Å². The molecule has 0 atom stereocenters. The van der Waals surface area contributed by atoms with Gasteiger partial charge in [0.25, 0.3) is 0 Å². The summed E-state index contributed by atoms with van der Waals surface area (Å²) >= 11 is 3.38. The predicted molar refractivity (Wildman–Crippen MR) is 75.9 cm³/mol. The second-order valence-electron chi connectivity index (χ2n) is 4.01. The van der Waals surface area contributed by atoms with Gasteiger partial charge in [0.2, 0.25) is 0 Å². The molecule has 6 heteroatoms. The maximum atomic E-state index is 13.7. The van der Waals surface area contributed by atoms with E-state index in [1.807, 2.05) is 19.1 Å². The van der Waals surface area contributed by atoms with Gasteiger partial charge >= 0.3 is 0 Å². The molecule has 100 valence electrons. The topological polar surface area (TPSA) is 37.0 Å². The summed E-state index contributed by atoms with van der Waals surface area (Å²) in [5.41, 5.74) is 1.73. The van der Waals surface area contributed by atoms with Crippen LogP contribution in [0.15, 0.2) is 28.7 Å². The van der Waals surface area contributed by atoms with Gasteiger partial charge in [0.15, 0.2) is 23.3 Å². The Kier molecular flexibility index (Phi) is 3.99. The molecule has 0 aliphatic carbocycles. The van der Waals surface area contributed by atoms with Gasteiger partial charge in [-0.2, -0.15) is 0 Å². The summed E-state index contributed by atoms with van der Waals surface area (Å²) in [5, 5.41) is 5.40. The van der Waals surface area contributed by atoms with E-state index in [0.717, 1.165) is 16.1 Å². The fourth-order valence-electron chi connectivity index (χ4n) is 1.58. The molecular formula is C13H12BrF2N3. The van der Waals surface area contributed by atoms with Crippen LogP contribution in [0.4, 0.5) is 26.1 Å². The van der Waals surface area contributed by atoms with Crippen molar-refractivity contribution in [3.05, 3.63) is 45.9 Å². The van der Waals surface area contributed by atoms with Crippen molar-refractivity contribution >= 4 is 33.3 Å². The molecule has 0 radical (unpaired) electrons. The van der Waals surface area contributed by atoms with Gasteiger partial charge in [0, 0.05) is 17.6 Å². The minimum Gasteiger partial charge on any atom is -0.371 e. The van der Waals surface area contributed by atoms with Crippen LogP contribution in [-0.4, -0.2) is 12.0 Å². The number of halogens is 3. The second kappa shape index (κ2) is 5.52. The summed E-state index contributed by atoms with van der Waals surface area (Å²) < 4.78 is 27.7. The van der Waals surface area contributed by atoms with Crippen LogP contribution in [0.5, 0.6) is 0 Å². The van der Waals surface area contributed by atoms with Crippen LogP contribution in [0.2, 0.25) is 0 Å². The van der Waals surface area contributed by atoms with Crippen molar-refractivity contribution in [1.82, 2.24) is 4.98 Å². The van der Waals surface area contributed by atoms with E-state index in [1.165, 1.54) is 7.05 Å². The summed E-state index contributed by atoms with van der Waals surface area (Å²) in [7, 11) is 1.52. The zero-order chi connectivity index (χ0) is 14.0. The highest BCUT2D eigenvalue weighted by Gasteiger charge is 2.12. The van der Waals surface area contributed by atoms with Crippen LogP contribution in [-0.2, 0) is 0 Å². The van der Waals surface area contributed by atoms with Gasteiger partial charge in [0.1, 0.15) is 0 Å². The smallest absolute Gasteiger partial charge is 0.169 e. The quantitative estimate of drug-likeness (QED) is 0.886. The summed E-state index contributed by atoms with van der Waals surface area (Å²) in [6.07, 6.45) is 0. The first-order valence-electron chi connectivity index (χ1n) is 5.58. The lowest BCUT2D eigenvalue weighted by atomic mass is 10.2. The van der Waals surface area contributed by atoms with Gasteiger partial charge in [-0.3, -0.25) is 0 Å². The highest BCUT2D eigenvalue weighted by Crippen LogP contribution is 2.28. The molecule has 0 aliphatic rings. The molecule has 0 fully saturated rings. The van der Waals surface area contributed by atoms with Gasteiger partial charge < -0.3 is 10.6 Å². The standard InChI is InChI=1S/C13H12BrF2N3/c1-7-3-4-11(8(14)5-7)18-13-10(16)6-9(15)12(17-2)19-13/h3-6H,1-2H3,(H2,17,18,19). The third-order valence-electron chi connectivity index (χ3n) is 2.54. The molecule has 0 saturated heterocycles. The maximum absolute atomic E-state index is 13.7. The van der Waals surface area contributed by atoms with Crippen LogP contribution in [0.3, 0.4) is 0 Å². The maximum Gasteiger partial charge on any atom is 0.169 e. The lowest BCUT2D eigenvalue weighted by molar-refractivity contribution is 0.580. The monoisotopic (exact) mass is 327 g/mol. The molecular weight excluding hydrogens is 316 g/mol. The number of aromatic nitrogens is 1. The van der Waals surface area contributed by atoms with Crippen molar-refractivity contribution in [2.24, 2.45) is 0 Å². The summed E-state index contributed by atoms with van der Waals surface area (Å²) in [6.45, 7) is 1.95. The molecule has 2 rings (SSSR count). The Morgan fingerprint density at radius 1 is 1.11 bits per heavy atom. The van der Waals surface area contributed by atoms with Crippen molar-refractivity contribution in [2.45, 2.75) is 6.92 Å². The van der Waals surface area contributed by atoms with E-state index in [9.17, 15) is 8.78 Å². The Labute approximate surface area is 118 Å². The largest absolute Gasteiger partial charge is 0.371 e. The lowest BCUT2D eigenvalue weighted by Crippen LogP contribution is -2.03. The molecule has 2 N–H and O–H groups in total. The second-order valence-corrected chi connectivity index (χ2v) is 4.86. The number of pyridine rings is 1. The van der Waals surface area contributed by atoms with Gasteiger partial charge in [-0.05, 0) is 40.5 Å². The van der Waals surface area contributed by atoms with E-state index in [1.54, 1.807) is 6.07 Å². The molecule has 1 aromatic carbocycles. The molecule has 0 spiro atoms. The van der Waals surface area contributed by atoms with Gasteiger partial charge in [-0.1, -0.05) is 6.07 Å². The SMILES string of the molecule is CNc1nc(Nc2ccc(C)cc2Br)c(F)cc1F. The number of hydrogen-bond acceptors (Lipinski definition) is 3. The third kappa shape index (κ3) is 3.01. The highest BCUT2D eigenvalue weighted by atomic mass is 79.9. The van der Waals surface area contributed by atoms with Gasteiger partial charge in [0.05, 0.1) is 5.69 Å². The Morgan fingerprint density at radius 3 is 2.42 bits per heavy atom. The lowest BCUT2D eigenvalue weighted by Gasteiger charge is -2.11. The number of nitrogens with zero attached hydrogens (tertiary/aromatic N) is 1. The first-order chi connectivity index (χ1) is 9.01. The first-order valence-corrected chi connectivity index (χ1v) is 6.37. The van der Waals surface area contributed by atoms with E-state index in [2.05, 4.69) is 31.5 Å². The minimum absolute atomic E-state index is 0.00728. The van der Waals surface area contributed by atoms with Crippen molar-refractivity contribution in [2.75, 3.05) is 17.7 Å². The summed E-state index contributed by atoms with van der Waals surface area (Å²) in [6, 6.07) is 6.36. The van der Waals surface area contributed by atoms with Crippen LogP contribution < -0.4 is 10.6 Å². The zero-order valence-electron chi connectivity index (χ0n) is 10.4. The van der Waals surface area contributed by atoms with Gasteiger partial charge in [-0.25, -0.2) is 13.8 Å². The predicted octanol–water partition coefficient (Wildman–Crippen LogP) is 4.22. The number of benzene rings is 1. The fraction of sp³-hybridized carbons (Fsp3) is 0.154. The van der Waals surface area contributed by atoms with E-state index >= 15 is 0 Å². The summed E-state index contributed by atoms with van der Waals surface area (Å²) in [5.74, 6) is -1.51. The van der Waals surface area contributed by atoms with Crippen molar-refractivity contribution in [1.29, 1.82) is 0 Å². The first kappa shape index (κ1) is 13.7. The molecule has 0 amide bonds. The molecule has 2 aromatic rings. The Morgan fingerprint density at radius 2 is 1.79 bits per heavy atom. The molecule has 0 bridgehead atoms. The number of hydrogen-bond donors (Lipinski definition) is 2. The summed E-state index contributed by atoms with van der Waals surface area (Å²) in [4.78, 5) is 3.86. The average molecular weight is 328 g/mol. The molecule has 19 heavy (non-hydrogen) atoms. The van der Waals surface area contributed by atoms with Crippen molar-refractivity contribution in [3.63, 3.8) is 0 Å². The Balaban J connectivity index is 2.37. The Bertz CT molecular complexity index is 617. The van der Waals surface area contributed by atoms with E-state index in [4.69, 9.17) is 0 Å². The van der Waals surface area contributed by atoms with Crippen molar-refractivity contribution < 1.29 is 8.78 Å². The number of nitrogens with one attached hydrogen (secondary N) is 2. The molecule has 1 aromatic heterocycles. The normalized spacial score (nSPS) is 10.4. The number of aryl methyl sites for hydroxylation is 1. The molecule has 1 heterocycles. The molecule has 0 saturated carbocycles. The third-order valence-corrected chi connectivity index (χ3v) is 3.20. The van der Waals surface area contributed by atoms with Crippen molar-refractivity contribution in [3.8, 4) is 0 Å². The van der Waals surface area contributed by atoms with Crippen LogP contribution in [0.1, 0.15) is 5.56 Å². The molecule has 3 nitrogen and oxygen atoms in total. The number of anilines is 3. The van der Waals surface area contributed by atoms with E-state index < -0.39 is 11.6 Å².